The van der Waals surface area contributed by atoms with Crippen molar-refractivity contribution in [3.8, 4) is 0 Å². The lowest BCUT2D eigenvalue weighted by Crippen LogP contribution is -2.42. The van der Waals surface area contributed by atoms with Crippen molar-refractivity contribution in [2.24, 2.45) is 0 Å². The smallest absolute Gasteiger partial charge is 0.251 e. The molecule has 0 radical (unpaired) electrons. The number of anilines is 2. The molecule has 1 saturated heterocycles. The molecule has 19 heavy (non-hydrogen) atoms. The molecule has 5 nitrogen and oxygen atoms in total. The molecule has 1 aliphatic heterocycles. The van der Waals surface area contributed by atoms with E-state index in [4.69, 9.17) is 5.73 Å². The molecular weight excluding hydrogens is 242 g/mol. The second-order valence-corrected chi connectivity index (χ2v) is 4.88. The number of hydrogen-bond acceptors (Lipinski definition) is 4. The zero-order valence-electron chi connectivity index (χ0n) is 11.2. The van der Waals surface area contributed by atoms with Crippen LogP contribution < -0.4 is 16.0 Å². The first-order valence-corrected chi connectivity index (χ1v) is 6.66. The summed E-state index contributed by atoms with van der Waals surface area (Å²) >= 11 is 0. The zero-order chi connectivity index (χ0) is 13.8. The molecule has 1 unspecified atom stereocenters. The van der Waals surface area contributed by atoms with Crippen LogP contribution in [-0.4, -0.2) is 37.3 Å². The summed E-state index contributed by atoms with van der Waals surface area (Å²) in [6, 6.07) is 5.37. The van der Waals surface area contributed by atoms with E-state index in [0.717, 1.165) is 31.5 Å². The Hall–Kier alpha value is -1.75. The van der Waals surface area contributed by atoms with Crippen LogP contribution in [0.5, 0.6) is 0 Å². The van der Waals surface area contributed by atoms with Gasteiger partial charge in [-0.1, -0.05) is 0 Å². The SMILES string of the molecule is CNC(=O)c1ccc(N)c(N2CCCCC2CO)c1. The van der Waals surface area contributed by atoms with Gasteiger partial charge < -0.3 is 21.1 Å². The van der Waals surface area contributed by atoms with Crippen LogP contribution in [0.3, 0.4) is 0 Å². The fourth-order valence-corrected chi connectivity index (χ4v) is 2.59. The molecule has 1 heterocycles. The first-order chi connectivity index (χ1) is 9.17. The molecule has 5 heteroatoms. The Kier molecular flexibility index (Phi) is 4.27. The number of nitrogen functional groups attached to an aromatic ring is 1. The fourth-order valence-electron chi connectivity index (χ4n) is 2.59. The Morgan fingerprint density at radius 2 is 2.32 bits per heavy atom. The molecule has 0 bridgehead atoms. The maximum atomic E-state index is 11.7. The number of aliphatic hydroxyl groups is 1. The molecule has 0 aromatic heterocycles. The van der Waals surface area contributed by atoms with Crippen LogP contribution in [0.15, 0.2) is 18.2 Å². The number of piperidine rings is 1. The molecule has 1 amide bonds. The number of rotatable bonds is 3. The van der Waals surface area contributed by atoms with Gasteiger partial charge in [-0.25, -0.2) is 0 Å². The first kappa shape index (κ1) is 13.7. The predicted octanol–water partition coefficient (Wildman–Crippen LogP) is 0.980. The van der Waals surface area contributed by atoms with E-state index in [0.29, 0.717) is 11.3 Å². The molecule has 104 valence electrons. The van der Waals surface area contributed by atoms with Crippen LogP contribution in [0.25, 0.3) is 0 Å². The number of benzene rings is 1. The van der Waals surface area contributed by atoms with Crippen LogP contribution in [0.2, 0.25) is 0 Å². The molecule has 0 saturated carbocycles. The molecule has 1 aromatic carbocycles. The zero-order valence-corrected chi connectivity index (χ0v) is 11.2. The van der Waals surface area contributed by atoms with Gasteiger partial charge in [-0.2, -0.15) is 0 Å². The van der Waals surface area contributed by atoms with E-state index in [1.165, 1.54) is 0 Å². The van der Waals surface area contributed by atoms with Gasteiger partial charge in [0, 0.05) is 19.2 Å². The summed E-state index contributed by atoms with van der Waals surface area (Å²) in [6.07, 6.45) is 3.16. The topological polar surface area (TPSA) is 78.6 Å². The van der Waals surface area contributed by atoms with Crippen LogP contribution >= 0.6 is 0 Å². The molecular formula is C14H21N3O2. The van der Waals surface area contributed by atoms with Gasteiger partial charge in [0.1, 0.15) is 0 Å². The molecule has 1 atom stereocenters. The lowest BCUT2D eigenvalue weighted by Gasteiger charge is -2.37. The van der Waals surface area contributed by atoms with Gasteiger partial charge in [0.2, 0.25) is 0 Å². The van der Waals surface area contributed by atoms with E-state index in [1.807, 2.05) is 6.07 Å². The lowest BCUT2D eigenvalue weighted by molar-refractivity contribution is 0.0963. The third kappa shape index (κ3) is 2.81. The Morgan fingerprint density at radius 1 is 1.53 bits per heavy atom. The summed E-state index contributed by atoms with van der Waals surface area (Å²) in [5, 5.41) is 12.1. The maximum absolute atomic E-state index is 11.7. The van der Waals surface area contributed by atoms with Crippen LogP contribution in [0, 0.1) is 0 Å². The van der Waals surface area contributed by atoms with Gasteiger partial charge in [0.25, 0.3) is 5.91 Å². The molecule has 0 aliphatic carbocycles. The van der Waals surface area contributed by atoms with Gasteiger partial charge in [-0.05, 0) is 37.5 Å². The number of carbonyl (C=O) groups is 1. The predicted molar refractivity (Wildman–Crippen MR) is 76.3 cm³/mol. The molecule has 2 rings (SSSR count). The molecule has 0 spiro atoms. The van der Waals surface area contributed by atoms with Gasteiger partial charge in [0.05, 0.1) is 24.0 Å². The van der Waals surface area contributed by atoms with Gasteiger partial charge in [0.15, 0.2) is 0 Å². The van der Waals surface area contributed by atoms with Gasteiger partial charge >= 0.3 is 0 Å². The van der Waals surface area contributed by atoms with Crippen molar-refractivity contribution in [2.45, 2.75) is 25.3 Å². The quantitative estimate of drug-likeness (QED) is 0.710. The summed E-state index contributed by atoms with van der Waals surface area (Å²) in [7, 11) is 1.61. The van der Waals surface area contributed by atoms with Crippen LogP contribution in [-0.2, 0) is 0 Å². The van der Waals surface area contributed by atoms with E-state index in [1.54, 1.807) is 19.2 Å². The van der Waals surface area contributed by atoms with Crippen molar-refractivity contribution in [3.63, 3.8) is 0 Å². The number of carbonyl (C=O) groups excluding carboxylic acids is 1. The van der Waals surface area contributed by atoms with Crippen molar-refractivity contribution >= 4 is 17.3 Å². The molecule has 1 fully saturated rings. The van der Waals surface area contributed by atoms with Crippen molar-refractivity contribution in [2.75, 3.05) is 30.8 Å². The average Bonchev–Trinajstić information content (AvgIpc) is 2.47. The minimum Gasteiger partial charge on any atom is -0.397 e. The van der Waals surface area contributed by atoms with Crippen molar-refractivity contribution in [1.82, 2.24) is 5.32 Å². The summed E-state index contributed by atoms with van der Waals surface area (Å²) in [5.74, 6) is -0.126. The minimum atomic E-state index is -0.126. The van der Waals surface area contributed by atoms with Gasteiger partial charge in [-0.3, -0.25) is 4.79 Å². The Labute approximate surface area is 113 Å². The van der Waals surface area contributed by atoms with E-state index < -0.39 is 0 Å². The summed E-state index contributed by atoms with van der Waals surface area (Å²) < 4.78 is 0. The van der Waals surface area contributed by atoms with Crippen molar-refractivity contribution in [3.05, 3.63) is 23.8 Å². The minimum absolute atomic E-state index is 0.0935. The Bertz CT molecular complexity index is 462. The first-order valence-electron chi connectivity index (χ1n) is 6.66. The number of amides is 1. The molecule has 4 N–H and O–H groups in total. The third-order valence-corrected chi connectivity index (χ3v) is 3.67. The van der Waals surface area contributed by atoms with E-state index in [2.05, 4.69) is 10.2 Å². The van der Waals surface area contributed by atoms with Crippen LogP contribution in [0.1, 0.15) is 29.6 Å². The fraction of sp³-hybridized carbons (Fsp3) is 0.500. The second kappa shape index (κ2) is 5.93. The highest BCUT2D eigenvalue weighted by molar-refractivity contribution is 5.96. The summed E-state index contributed by atoms with van der Waals surface area (Å²) in [5.41, 5.74) is 8.11. The second-order valence-electron chi connectivity index (χ2n) is 4.88. The number of nitrogens with one attached hydrogen (secondary N) is 1. The number of aliphatic hydroxyl groups excluding tert-OH is 1. The Morgan fingerprint density at radius 3 is 3.00 bits per heavy atom. The maximum Gasteiger partial charge on any atom is 0.251 e. The normalized spacial score (nSPS) is 19.3. The highest BCUT2D eigenvalue weighted by Gasteiger charge is 2.24. The summed E-state index contributed by atoms with van der Waals surface area (Å²) in [4.78, 5) is 13.8. The Balaban J connectivity index is 2.34. The molecule has 1 aromatic rings. The third-order valence-electron chi connectivity index (χ3n) is 3.67. The van der Waals surface area contributed by atoms with E-state index in [-0.39, 0.29) is 18.6 Å². The monoisotopic (exact) mass is 263 g/mol. The van der Waals surface area contributed by atoms with E-state index in [9.17, 15) is 9.90 Å². The number of nitrogens with zero attached hydrogens (tertiary/aromatic N) is 1. The highest BCUT2D eigenvalue weighted by atomic mass is 16.3. The number of nitrogens with two attached hydrogens (primary N) is 1. The van der Waals surface area contributed by atoms with Gasteiger partial charge in [-0.15, -0.1) is 0 Å². The lowest BCUT2D eigenvalue weighted by atomic mass is 10.0. The van der Waals surface area contributed by atoms with Crippen molar-refractivity contribution in [1.29, 1.82) is 0 Å². The molecule has 1 aliphatic rings. The number of hydrogen-bond donors (Lipinski definition) is 3. The standard InChI is InChI=1S/C14H21N3O2/c1-16-14(19)10-5-6-12(15)13(8-10)17-7-3-2-4-11(17)9-18/h5-6,8,11,18H,2-4,7,9,15H2,1H3,(H,16,19). The summed E-state index contributed by atoms with van der Waals surface area (Å²) in [6.45, 7) is 0.982. The largest absolute Gasteiger partial charge is 0.397 e. The average molecular weight is 263 g/mol. The van der Waals surface area contributed by atoms with E-state index >= 15 is 0 Å². The van der Waals surface area contributed by atoms with Crippen LogP contribution in [0.4, 0.5) is 11.4 Å². The van der Waals surface area contributed by atoms with Crippen molar-refractivity contribution < 1.29 is 9.90 Å². The highest BCUT2D eigenvalue weighted by Crippen LogP contribution is 2.30.